The summed E-state index contributed by atoms with van der Waals surface area (Å²) in [7, 11) is 3.84. The van der Waals surface area contributed by atoms with Gasteiger partial charge in [0.1, 0.15) is 11.4 Å². The van der Waals surface area contributed by atoms with Crippen LogP contribution >= 0.6 is 0 Å². The molecule has 0 aromatic heterocycles. The lowest BCUT2D eigenvalue weighted by atomic mass is 9.71. The van der Waals surface area contributed by atoms with E-state index in [0.717, 1.165) is 18.8 Å². The number of likely N-dealkylation sites (tertiary alicyclic amines) is 1. The van der Waals surface area contributed by atoms with Crippen LogP contribution < -0.4 is 26.8 Å². The quantitative estimate of drug-likeness (QED) is 0.542. The van der Waals surface area contributed by atoms with Crippen molar-refractivity contribution in [2.75, 3.05) is 45.2 Å². The molecule has 2 fully saturated rings. The molecule has 0 unspecified atom stereocenters. The van der Waals surface area contributed by atoms with Gasteiger partial charge in [0.15, 0.2) is 5.96 Å². The largest absolute Gasteiger partial charge is 0.494 e. The van der Waals surface area contributed by atoms with E-state index in [2.05, 4.69) is 32.9 Å². The number of methoxy groups -OCH3 is 1. The van der Waals surface area contributed by atoms with Crippen molar-refractivity contribution in [3.63, 3.8) is 0 Å². The molecule has 0 aliphatic carbocycles. The number of hydrogen-bond acceptors (Lipinski definition) is 4. The van der Waals surface area contributed by atoms with E-state index >= 15 is 0 Å². The summed E-state index contributed by atoms with van der Waals surface area (Å²) >= 11 is 0. The normalized spacial score (nSPS) is 20.5. The van der Waals surface area contributed by atoms with Gasteiger partial charge in [0.05, 0.1) is 7.11 Å². The zero-order chi connectivity index (χ0) is 19.4. The second-order valence-corrected chi connectivity index (χ2v) is 7.65. The molecule has 148 valence electrons. The lowest BCUT2D eigenvalue weighted by molar-refractivity contribution is 0.0945. The van der Waals surface area contributed by atoms with E-state index in [1.807, 2.05) is 12.1 Å². The fraction of sp³-hybridized carbons (Fsp3) is 0.579. The third-order valence-electron chi connectivity index (χ3n) is 5.88. The summed E-state index contributed by atoms with van der Waals surface area (Å²) in [4.78, 5) is 12.8. The van der Waals surface area contributed by atoms with Crippen molar-refractivity contribution in [3.05, 3.63) is 18.2 Å². The smallest absolute Gasteiger partial charge is 0.223 e. The Kier molecular flexibility index (Phi) is 5.74. The van der Waals surface area contributed by atoms with Crippen LogP contribution in [0.1, 0.15) is 25.7 Å². The van der Waals surface area contributed by atoms with Gasteiger partial charge >= 0.3 is 0 Å². The number of benzene rings is 1. The van der Waals surface area contributed by atoms with E-state index in [9.17, 15) is 0 Å². The van der Waals surface area contributed by atoms with E-state index in [1.165, 1.54) is 38.8 Å². The van der Waals surface area contributed by atoms with Crippen LogP contribution in [0.3, 0.4) is 0 Å². The molecule has 2 aliphatic heterocycles. The summed E-state index contributed by atoms with van der Waals surface area (Å²) in [5.74, 6) is 0.534. The van der Waals surface area contributed by atoms with Crippen LogP contribution in [0.25, 0.3) is 0 Å². The Bertz CT molecular complexity index is 709. The van der Waals surface area contributed by atoms with Gasteiger partial charge in [-0.1, -0.05) is 0 Å². The zero-order valence-electron chi connectivity index (χ0n) is 16.3. The first-order valence-corrected chi connectivity index (χ1v) is 9.46. The van der Waals surface area contributed by atoms with Crippen molar-refractivity contribution in [3.8, 4) is 5.75 Å². The molecule has 1 spiro atoms. The Hall–Kier alpha value is -2.48. The van der Waals surface area contributed by atoms with Crippen LogP contribution in [0.15, 0.2) is 28.2 Å². The van der Waals surface area contributed by atoms with E-state index in [1.54, 1.807) is 7.11 Å². The molecule has 27 heavy (non-hydrogen) atoms. The number of nitrogens with zero attached hydrogens (tertiary/aromatic N) is 4. The molecular formula is C19H31N7O. The monoisotopic (exact) mass is 373 g/mol. The Labute approximate surface area is 161 Å². The molecule has 6 N–H and O–H groups in total. The molecule has 2 saturated heterocycles. The van der Waals surface area contributed by atoms with Crippen LogP contribution in [0, 0.1) is 5.41 Å². The second-order valence-electron chi connectivity index (χ2n) is 7.65. The summed E-state index contributed by atoms with van der Waals surface area (Å²) in [5, 5.41) is 0. The maximum Gasteiger partial charge on any atom is 0.223 e. The number of piperidine rings is 2. The lowest BCUT2D eigenvalue weighted by Gasteiger charge is -2.46. The Morgan fingerprint density at radius 3 is 2.26 bits per heavy atom. The molecule has 2 aliphatic rings. The first kappa shape index (κ1) is 19.3. The molecule has 0 bridgehead atoms. The molecule has 8 heteroatoms. The maximum atomic E-state index is 5.73. The molecule has 3 rings (SSSR count). The van der Waals surface area contributed by atoms with Crippen molar-refractivity contribution in [2.45, 2.75) is 25.7 Å². The maximum absolute atomic E-state index is 5.73. The van der Waals surface area contributed by atoms with Gasteiger partial charge in [-0.2, -0.15) is 4.99 Å². The van der Waals surface area contributed by atoms with Crippen LogP contribution in [-0.4, -0.2) is 57.2 Å². The third-order valence-corrected chi connectivity index (χ3v) is 5.88. The molecule has 1 aromatic carbocycles. The van der Waals surface area contributed by atoms with Gasteiger partial charge in [-0.15, -0.1) is 0 Å². The third kappa shape index (κ3) is 4.63. The van der Waals surface area contributed by atoms with Gasteiger partial charge in [-0.25, -0.2) is 4.99 Å². The summed E-state index contributed by atoms with van der Waals surface area (Å²) in [5.41, 5.74) is 18.7. The number of nitrogens with two attached hydrogens (primary N) is 3. The molecule has 0 saturated carbocycles. The number of ether oxygens (including phenoxy) is 1. The highest BCUT2D eigenvalue weighted by molar-refractivity contribution is 5.94. The average Bonchev–Trinajstić information content (AvgIpc) is 2.65. The Morgan fingerprint density at radius 2 is 1.67 bits per heavy atom. The Morgan fingerprint density at radius 1 is 1.04 bits per heavy atom. The molecule has 0 radical (unpaired) electrons. The SMILES string of the molecule is COc1cc(N2CCC3(CCN(C)CC3)CC2)ccc1N=C(N)N=C(N)N. The highest BCUT2D eigenvalue weighted by Crippen LogP contribution is 2.42. The van der Waals surface area contributed by atoms with Gasteiger partial charge in [-0.3, -0.25) is 0 Å². The van der Waals surface area contributed by atoms with Crippen molar-refractivity contribution in [1.29, 1.82) is 0 Å². The minimum Gasteiger partial charge on any atom is -0.494 e. The summed E-state index contributed by atoms with van der Waals surface area (Å²) in [6.45, 7) is 4.59. The minimum atomic E-state index is -0.122. The minimum absolute atomic E-state index is 0.00299. The van der Waals surface area contributed by atoms with E-state index in [4.69, 9.17) is 21.9 Å². The molecule has 8 nitrogen and oxygen atoms in total. The van der Waals surface area contributed by atoms with Crippen molar-refractivity contribution in [2.24, 2.45) is 32.6 Å². The standard InChI is InChI=1S/C19H31N7O/c1-25-9-5-19(6-10-25)7-11-26(12-8-19)14-3-4-15(16(13-14)27-2)23-18(22)24-17(20)21/h3-4,13H,5-12H2,1-2H3,(H6,20,21,22,23,24). The predicted octanol–water partition coefficient (Wildman–Crippen LogP) is 1.23. The highest BCUT2D eigenvalue weighted by Gasteiger charge is 2.36. The average molecular weight is 374 g/mol. The summed E-state index contributed by atoms with van der Waals surface area (Å²) in [6.07, 6.45) is 5.14. The topological polar surface area (TPSA) is 118 Å². The molecule has 1 aromatic rings. The fourth-order valence-electron chi connectivity index (χ4n) is 4.07. The highest BCUT2D eigenvalue weighted by atomic mass is 16.5. The number of anilines is 1. The van der Waals surface area contributed by atoms with E-state index in [0.29, 0.717) is 16.9 Å². The summed E-state index contributed by atoms with van der Waals surface area (Å²) < 4.78 is 5.50. The van der Waals surface area contributed by atoms with Gasteiger partial charge in [0.25, 0.3) is 0 Å². The lowest BCUT2D eigenvalue weighted by Crippen LogP contribution is -2.46. The Balaban J connectivity index is 1.70. The predicted molar refractivity (Wildman–Crippen MR) is 111 cm³/mol. The molecule has 0 amide bonds. The van der Waals surface area contributed by atoms with Crippen LogP contribution in [0.4, 0.5) is 11.4 Å². The van der Waals surface area contributed by atoms with Crippen LogP contribution in [0.5, 0.6) is 5.75 Å². The zero-order valence-corrected chi connectivity index (χ0v) is 16.3. The van der Waals surface area contributed by atoms with E-state index in [-0.39, 0.29) is 11.9 Å². The fourth-order valence-corrected chi connectivity index (χ4v) is 4.07. The first-order chi connectivity index (χ1) is 12.9. The molecule has 0 atom stereocenters. The van der Waals surface area contributed by atoms with Crippen LogP contribution in [-0.2, 0) is 0 Å². The first-order valence-electron chi connectivity index (χ1n) is 9.46. The summed E-state index contributed by atoms with van der Waals surface area (Å²) in [6, 6.07) is 5.95. The number of aliphatic imine (C=N–C) groups is 2. The van der Waals surface area contributed by atoms with Gasteiger partial charge in [-0.05, 0) is 63.4 Å². The van der Waals surface area contributed by atoms with Crippen LogP contribution in [0.2, 0.25) is 0 Å². The molecule has 2 heterocycles. The van der Waals surface area contributed by atoms with Crippen molar-refractivity contribution < 1.29 is 4.74 Å². The van der Waals surface area contributed by atoms with E-state index < -0.39 is 0 Å². The van der Waals surface area contributed by atoms with Gasteiger partial charge < -0.3 is 31.7 Å². The number of rotatable bonds is 3. The number of hydrogen-bond donors (Lipinski definition) is 3. The van der Waals surface area contributed by atoms with Gasteiger partial charge in [0, 0.05) is 24.8 Å². The number of guanidine groups is 2. The second kappa shape index (κ2) is 8.04. The van der Waals surface area contributed by atoms with Gasteiger partial charge in [0.2, 0.25) is 5.96 Å². The van der Waals surface area contributed by atoms with Crippen molar-refractivity contribution >= 4 is 23.3 Å². The van der Waals surface area contributed by atoms with Crippen molar-refractivity contribution in [1.82, 2.24) is 4.90 Å². The molecular weight excluding hydrogens is 342 g/mol.